The minimum Gasteiger partial charge on any atom is -0.427 e. The highest BCUT2D eigenvalue weighted by Crippen LogP contribution is 2.22. The summed E-state index contributed by atoms with van der Waals surface area (Å²) in [5.41, 5.74) is 3.70. The van der Waals surface area contributed by atoms with Gasteiger partial charge in [0, 0.05) is 0 Å². The number of hydrazone groups is 1. The third kappa shape index (κ3) is 2.92. The van der Waals surface area contributed by atoms with Crippen LogP contribution in [-0.4, -0.2) is 29.1 Å². The number of hydrogen-bond acceptors (Lipinski definition) is 3. The molecule has 1 aliphatic heterocycles. The molecule has 4 nitrogen and oxygen atoms in total. The summed E-state index contributed by atoms with van der Waals surface area (Å²) in [5, 5.41) is 15.2. The Bertz CT molecular complexity index is 1010. The van der Waals surface area contributed by atoms with Crippen molar-refractivity contribution in [3.8, 4) is 11.1 Å². The molecule has 26 heavy (non-hydrogen) atoms. The van der Waals surface area contributed by atoms with Crippen LogP contribution in [0.1, 0.15) is 15.9 Å². The van der Waals surface area contributed by atoms with Gasteiger partial charge in [-0.2, -0.15) is 5.10 Å². The molecule has 0 radical (unpaired) electrons. The molecule has 4 rings (SSSR count). The van der Waals surface area contributed by atoms with E-state index in [4.69, 9.17) is 11.6 Å². The summed E-state index contributed by atoms with van der Waals surface area (Å²) in [6.07, 6.45) is 1.57. The quantitative estimate of drug-likeness (QED) is 0.714. The van der Waals surface area contributed by atoms with Crippen LogP contribution >= 0.6 is 11.6 Å². The molecule has 1 N–H and O–H groups in total. The summed E-state index contributed by atoms with van der Waals surface area (Å²) in [6.45, 7) is 0. The first-order valence-corrected chi connectivity index (χ1v) is 8.52. The van der Waals surface area contributed by atoms with E-state index < -0.39 is 13.0 Å². The van der Waals surface area contributed by atoms with Crippen molar-refractivity contribution in [2.75, 3.05) is 0 Å². The van der Waals surface area contributed by atoms with Crippen molar-refractivity contribution in [2.24, 2.45) is 5.10 Å². The number of benzene rings is 3. The minimum atomic E-state index is -1.18. The normalized spacial score (nSPS) is 12.8. The summed E-state index contributed by atoms with van der Waals surface area (Å²) in [4.78, 5) is 13.8. The third-order valence-corrected chi connectivity index (χ3v) is 4.67. The minimum absolute atomic E-state index is 0.299. The van der Waals surface area contributed by atoms with E-state index in [1.165, 1.54) is 0 Å². The van der Waals surface area contributed by atoms with E-state index in [1.807, 2.05) is 48.5 Å². The number of nitrogens with zero attached hydrogens (tertiary/aromatic N) is 2. The summed E-state index contributed by atoms with van der Waals surface area (Å²) in [6, 6.07) is 22.3. The summed E-state index contributed by atoms with van der Waals surface area (Å²) in [5.74, 6) is -0.449. The van der Waals surface area contributed by atoms with Crippen LogP contribution in [0.4, 0.5) is 0 Å². The first kappa shape index (κ1) is 16.6. The van der Waals surface area contributed by atoms with E-state index in [2.05, 4.69) is 5.10 Å². The van der Waals surface area contributed by atoms with Crippen LogP contribution in [0, 0.1) is 0 Å². The number of rotatable bonds is 2. The molecule has 3 aromatic rings. The second-order valence-electron chi connectivity index (χ2n) is 5.96. The molecule has 0 spiro atoms. The van der Waals surface area contributed by atoms with Gasteiger partial charge >= 0.3 is 7.05 Å². The maximum absolute atomic E-state index is 12.8. The Morgan fingerprint density at radius 3 is 2.46 bits per heavy atom. The fourth-order valence-corrected chi connectivity index (χ4v) is 3.18. The predicted molar refractivity (Wildman–Crippen MR) is 105 cm³/mol. The largest absolute Gasteiger partial charge is 0.474 e. The zero-order chi connectivity index (χ0) is 18.1. The number of amides is 1. The summed E-state index contributed by atoms with van der Waals surface area (Å²) < 4.78 is 0. The van der Waals surface area contributed by atoms with E-state index in [9.17, 15) is 9.82 Å². The van der Waals surface area contributed by atoms with Gasteiger partial charge in [0.1, 0.15) is 0 Å². The van der Waals surface area contributed by atoms with Gasteiger partial charge in [-0.25, -0.2) is 4.92 Å². The van der Waals surface area contributed by atoms with Crippen LogP contribution in [-0.2, 0) is 0 Å². The summed E-state index contributed by atoms with van der Waals surface area (Å²) in [7, 11) is -1.18. The van der Waals surface area contributed by atoms with Crippen molar-refractivity contribution in [2.45, 2.75) is 0 Å². The van der Waals surface area contributed by atoms with Gasteiger partial charge in [-0.05, 0) is 34.3 Å². The molecule has 1 heterocycles. The Labute approximate surface area is 156 Å². The van der Waals surface area contributed by atoms with Gasteiger partial charge in [0.25, 0.3) is 5.91 Å². The molecule has 0 saturated carbocycles. The number of fused-ring (bicyclic) bond motifs is 1. The van der Waals surface area contributed by atoms with Crippen LogP contribution in [0.15, 0.2) is 77.9 Å². The fraction of sp³-hybridized carbons (Fsp3) is 0. The average molecular weight is 361 g/mol. The van der Waals surface area contributed by atoms with Crippen LogP contribution in [0.5, 0.6) is 0 Å². The monoisotopic (exact) mass is 360 g/mol. The molecule has 0 atom stereocenters. The number of carbonyl (C=O) groups excluding carboxylic acids is 1. The van der Waals surface area contributed by atoms with Crippen molar-refractivity contribution in [1.29, 1.82) is 0 Å². The molecule has 0 aliphatic carbocycles. The Hall–Kier alpha value is -2.89. The molecule has 1 aliphatic rings. The lowest BCUT2D eigenvalue weighted by atomic mass is 9.68. The number of halogens is 1. The predicted octanol–water partition coefficient (Wildman–Crippen LogP) is 3.18. The highest BCUT2D eigenvalue weighted by molar-refractivity contribution is 6.68. The smallest absolute Gasteiger partial charge is 0.427 e. The topological polar surface area (TPSA) is 52.9 Å². The van der Waals surface area contributed by atoms with Gasteiger partial charge in [-0.1, -0.05) is 72.3 Å². The lowest BCUT2D eigenvalue weighted by Crippen LogP contribution is -2.52. The van der Waals surface area contributed by atoms with Crippen molar-refractivity contribution in [1.82, 2.24) is 4.92 Å². The average Bonchev–Trinajstić information content (AvgIpc) is 2.69. The van der Waals surface area contributed by atoms with Crippen LogP contribution in [0.3, 0.4) is 0 Å². The standard InChI is InChI=1S/C20H14BClN2O2/c22-19-9-5-4-8-17(19)20(25)24-21(26)18-12-15(10-11-16(18)13-23-24)14-6-2-1-3-7-14/h1-13,26H. The van der Waals surface area contributed by atoms with Crippen LogP contribution in [0.2, 0.25) is 5.02 Å². The first-order chi connectivity index (χ1) is 12.6. The Balaban J connectivity index is 1.71. The molecule has 126 valence electrons. The van der Waals surface area contributed by atoms with Crippen molar-refractivity contribution < 1.29 is 9.82 Å². The van der Waals surface area contributed by atoms with E-state index in [0.29, 0.717) is 16.0 Å². The van der Waals surface area contributed by atoms with Gasteiger partial charge in [-0.3, -0.25) is 4.79 Å². The van der Waals surface area contributed by atoms with Crippen molar-refractivity contribution in [3.05, 3.63) is 88.9 Å². The van der Waals surface area contributed by atoms with Crippen LogP contribution in [0.25, 0.3) is 11.1 Å². The molecule has 0 fully saturated rings. The van der Waals surface area contributed by atoms with Gasteiger partial charge in [0.05, 0.1) is 16.8 Å². The molecule has 0 aromatic heterocycles. The van der Waals surface area contributed by atoms with E-state index in [-0.39, 0.29) is 0 Å². The maximum atomic E-state index is 12.8. The lowest BCUT2D eigenvalue weighted by Gasteiger charge is -2.25. The molecule has 0 bridgehead atoms. The highest BCUT2D eigenvalue weighted by Gasteiger charge is 2.34. The lowest BCUT2D eigenvalue weighted by molar-refractivity contribution is 0.0846. The summed E-state index contributed by atoms with van der Waals surface area (Å²) >= 11 is 6.11. The SMILES string of the molecule is O=C(c1ccccc1Cl)N1N=Cc2ccc(-c3ccccc3)cc2B1O. The highest BCUT2D eigenvalue weighted by atomic mass is 35.5. The van der Waals surface area contributed by atoms with Gasteiger partial charge in [0.15, 0.2) is 0 Å². The van der Waals surface area contributed by atoms with Crippen molar-refractivity contribution >= 4 is 36.2 Å². The number of carbonyl (C=O) groups is 1. The molecular formula is C20H14BClN2O2. The second kappa shape index (κ2) is 6.79. The maximum Gasteiger partial charge on any atom is 0.474 e. The molecule has 6 heteroatoms. The molecule has 3 aromatic carbocycles. The Morgan fingerprint density at radius 1 is 0.962 bits per heavy atom. The number of hydrogen-bond donors (Lipinski definition) is 1. The molecule has 0 saturated heterocycles. The van der Waals surface area contributed by atoms with Crippen LogP contribution < -0.4 is 5.46 Å². The third-order valence-electron chi connectivity index (χ3n) is 4.34. The van der Waals surface area contributed by atoms with E-state index in [0.717, 1.165) is 21.6 Å². The zero-order valence-corrected chi connectivity index (χ0v) is 14.5. The Kier molecular flexibility index (Phi) is 4.33. The zero-order valence-electron chi connectivity index (χ0n) is 13.7. The van der Waals surface area contributed by atoms with Crippen molar-refractivity contribution in [3.63, 3.8) is 0 Å². The van der Waals surface area contributed by atoms with Gasteiger partial charge in [0.2, 0.25) is 0 Å². The molecule has 1 amide bonds. The van der Waals surface area contributed by atoms with Gasteiger partial charge < -0.3 is 5.02 Å². The first-order valence-electron chi connectivity index (χ1n) is 8.14. The fourth-order valence-electron chi connectivity index (χ4n) is 2.97. The van der Waals surface area contributed by atoms with E-state index >= 15 is 0 Å². The Morgan fingerprint density at radius 2 is 1.69 bits per heavy atom. The molecule has 0 unspecified atom stereocenters. The second-order valence-corrected chi connectivity index (χ2v) is 6.36. The molecular weight excluding hydrogens is 346 g/mol. The van der Waals surface area contributed by atoms with Gasteiger partial charge in [-0.15, -0.1) is 0 Å². The van der Waals surface area contributed by atoms with E-state index in [1.54, 1.807) is 30.5 Å².